The Morgan fingerprint density at radius 3 is 2.43 bits per heavy atom. The lowest BCUT2D eigenvalue weighted by atomic mass is 9.94. The molecule has 0 aliphatic rings. The zero-order valence-electron chi connectivity index (χ0n) is 8.11. The predicted octanol–water partition coefficient (Wildman–Crippen LogP) is 3.29. The fraction of sp³-hybridized carbons (Fsp3) is 0.273. The molecule has 1 unspecified atom stereocenters. The Balaban J connectivity index is 0.00000169. The van der Waals surface area contributed by atoms with Crippen molar-refractivity contribution in [3.8, 4) is 0 Å². The fourth-order valence-electron chi connectivity index (χ4n) is 1.27. The number of rotatable bonds is 3. The van der Waals surface area contributed by atoms with Gasteiger partial charge in [0.05, 0.1) is 0 Å². The van der Waals surface area contributed by atoms with E-state index in [4.69, 9.17) is 17.3 Å². The Labute approximate surface area is 96.4 Å². The van der Waals surface area contributed by atoms with Crippen LogP contribution in [-0.2, 0) is 0 Å². The highest BCUT2D eigenvalue weighted by Crippen LogP contribution is 2.22. The maximum atomic E-state index is 5.67. The van der Waals surface area contributed by atoms with Crippen molar-refractivity contribution in [2.75, 3.05) is 6.54 Å². The first-order chi connectivity index (χ1) is 6.29. The summed E-state index contributed by atoms with van der Waals surface area (Å²) in [6, 6.07) is 10.2. The Kier molecular flexibility index (Phi) is 6.64. The molecule has 1 aromatic carbocycles. The lowest BCUT2D eigenvalue weighted by Crippen LogP contribution is -2.09. The second-order valence-electron chi connectivity index (χ2n) is 3.02. The van der Waals surface area contributed by atoms with Crippen molar-refractivity contribution in [1.82, 2.24) is 0 Å². The molecule has 14 heavy (non-hydrogen) atoms. The van der Waals surface area contributed by atoms with Crippen molar-refractivity contribution >= 4 is 24.0 Å². The molecule has 0 radical (unpaired) electrons. The van der Waals surface area contributed by atoms with Crippen LogP contribution in [0.25, 0.3) is 0 Å². The molecular weight excluding hydrogens is 217 g/mol. The van der Waals surface area contributed by atoms with Crippen molar-refractivity contribution in [1.29, 1.82) is 0 Å². The standard InChI is InChI=1S/C11H14ClN.ClH/c1-9(11(7-12)8-13)10-5-3-2-4-6-10;/h2-7,9H,8,13H2,1H3;1H. The minimum atomic E-state index is 0. The van der Waals surface area contributed by atoms with Gasteiger partial charge in [-0.1, -0.05) is 48.9 Å². The van der Waals surface area contributed by atoms with Gasteiger partial charge in [-0.05, 0) is 11.1 Å². The van der Waals surface area contributed by atoms with E-state index < -0.39 is 0 Å². The van der Waals surface area contributed by atoms with Crippen LogP contribution in [0.3, 0.4) is 0 Å². The van der Waals surface area contributed by atoms with E-state index in [2.05, 4.69) is 19.1 Å². The average molecular weight is 232 g/mol. The summed E-state index contributed by atoms with van der Waals surface area (Å²) >= 11 is 5.67. The van der Waals surface area contributed by atoms with Crippen LogP contribution in [0.2, 0.25) is 0 Å². The summed E-state index contributed by atoms with van der Waals surface area (Å²) in [7, 11) is 0. The predicted molar refractivity (Wildman–Crippen MR) is 65.1 cm³/mol. The van der Waals surface area contributed by atoms with Gasteiger partial charge in [-0.2, -0.15) is 0 Å². The Hall–Kier alpha value is -0.500. The quantitative estimate of drug-likeness (QED) is 0.850. The van der Waals surface area contributed by atoms with Crippen molar-refractivity contribution in [2.45, 2.75) is 12.8 Å². The van der Waals surface area contributed by atoms with Gasteiger partial charge >= 0.3 is 0 Å². The fourth-order valence-corrected chi connectivity index (χ4v) is 1.55. The van der Waals surface area contributed by atoms with Gasteiger partial charge in [-0.25, -0.2) is 0 Å². The molecule has 1 rings (SSSR count). The summed E-state index contributed by atoms with van der Waals surface area (Å²) in [6.07, 6.45) is 0. The van der Waals surface area contributed by atoms with Crippen molar-refractivity contribution in [2.24, 2.45) is 5.73 Å². The van der Waals surface area contributed by atoms with Crippen LogP contribution in [0.15, 0.2) is 41.4 Å². The van der Waals surface area contributed by atoms with Crippen molar-refractivity contribution in [3.05, 3.63) is 47.0 Å². The molecule has 0 heterocycles. The third-order valence-electron chi connectivity index (χ3n) is 2.23. The van der Waals surface area contributed by atoms with E-state index in [1.807, 2.05) is 18.2 Å². The largest absolute Gasteiger partial charge is 0.327 e. The topological polar surface area (TPSA) is 26.0 Å². The number of nitrogens with two attached hydrogens (primary N) is 1. The van der Waals surface area contributed by atoms with Gasteiger partial charge in [-0.3, -0.25) is 0 Å². The van der Waals surface area contributed by atoms with E-state index in [1.54, 1.807) is 5.54 Å². The number of benzene rings is 1. The number of halogens is 2. The summed E-state index contributed by atoms with van der Waals surface area (Å²) in [5, 5.41) is 0. The van der Waals surface area contributed by atoms with Crippen LogP contribution < -0.4 is 5.73 Å². The monoisotopic (exact) mass is 231 g/mol. The molecule has 0 aliphatic carbocycles. The molecule has 0 bridgehead atoms. The second kappa shape index (κ2) is 6.88. The molecule has 0 amide bonds. The molecule has 78 valence electrons. The Morgan fingerprint density at radius 1 is 1.43 bits per heavy atom. The summed E-state index contributed by atoms with van der Waals surface area (Å²) in [4.78, 5) is 0. The van der Waals surface area contributed by atoms with Gasteiger partial charge in [-0.15, -0.1) is 12.4 Å². The maximum absolute atomic E-state index is 5.67. The van der Waals surface area contributed by atoms with E-state index in [9.17, 15) is 0 Å². The van der Waals surface area contributed by atoms with Gasteiger partial charge in [0.15, 0.2) is 0 Å². The smallest absolute Gasteiger partial charge is 0.0154 e. The zero-order chi connectivity index (χ0) is 9.68. The van der Waals surface area contributed by atoms with Crippen molar-refractivity contribution < 1.29 is 0 Å². The molecule has 0 saturated heterocycles. The summed E-state index contributed by atoms with van der Waals surface area (Å²) in [5.74, 6) is 0.309. The molecule has 1 atom stereocenters. The molecule has 2 N–H and O–H groups in total. The first-order valence-corrected chi connectivity index (χ1v) is 4.77. The average Bonchev–Trinajstić information content (AvgIpc) is 2.21. The van der Waals surface area contributed by atoms with Gasteiger partial charge in [0.1, 0.15) is 0 Å². The Bertz CT molecular complexity index is 283. The lowest BCUT2D eigenvalue weighted by molar-refractivity contribution is 0.859. The molecule has 0 aliphatic heterocycles. The highest BCUT2D eigenvalue weighted by Gasteiger charge is 2.08. The van der Waals surface area contributed by atoms with Gasteiger partial charge in [0.25, 0.3) is 0 Å². The number of hydrogen-bond donors (Lipinski definition) is 1. The zero-order valence-corrected chi connectivity index (χ0v) is 9.68. The van der Waals surface area contributed by atoms with E-state index in [0.717, 1.165) is 5.57 Å². The minimum Gasteiger partial charge on any atom is -0.327 e. The van der Waals surface area contributed by atoms with E-state index >= 15 is 0 Å². The highest BCUT2D eigenvalue weighted by atomic mass is 35.5. The third kappa shape index (κ3) is 3.33. The molecule has 1 aromatic rings. The SMILES string of the molecule is CC(C(=CCl)CN)c1ccccc1.Cl. The van der Waals surface area contributed by atoms with Crippen molar-refractivity contribution in [3.63, 3.8) is 0 Å². The highest BCUT2D eigenvalue weighted by molar-refractivity contribution is 6.25. The first kappa shape index (κ1) is 13.5. The molecule has 0 saturated carbocycles. The van der Waals surface area contributed by atoms with E-state index in [0.29, 0.717) is 12.5 Å². The molecular formula is C11H15Cl2N. The van der Waals surface area contributed by atoms with Crippen LogP contribution in [0.5, 0.6) is 0 Å². The van der Waals surface area contributed by atoms with Gasteiger partial charge in [0, 0.05) is 18.0 Å². The molecule has 1 nitrogen and oxygen atoms in total. The molecule has 0 aromatic heterocycles. The van der Waals surface area contributed by atoms with Crippen LogP contribution in [0, 0.1) is 0 Å². The van der Waals surface area contributed by atoms with Crippen LogP contribution in [-0.4, -0.2) is 6.54 Å². The molecule has 0 fully saturated rings. The van der Waals surface area contributed by atoms with E-state index in [1.165, 1.54) is 5.56 Å². The third-order valence-corrected chi connectivity index (χ3v) is 2.51. The molecule has 0 spiro atoms. The lowest BCUT2D eigenvalue weighted by Gasteiger charge is -2.13. The van der Waals surface area contributed by atoms with E-state index in [-0.39, 0.29) is 12.4 Å². The van der Waals surface area contributed by atoms with Crippen LogP contribution in [0.1, 0.15) is 18.4 Å². The summed E-state index contributed by atoms with van der Waals surface area (Å²) in [5.41, 5.74) is 9.46. The van der Waals surface area contributed by atoms with Crippen LogP contribution in [0.4, 0.5) is 0 Å². The summed E-state index contributed by atoms with van der Waals surface area (Å²) in [6.45, 7) is 2.62. The normalized spacial score (nSPS) is 13.2. The maximum Gasteiger partial charge on any atom is 0.0154 e. The van der Waals surface area contributed by atoms with Gasteiger partial charge in [0.2, 0.25) is 0 Å². The summed E-state index contributed by atoms with van der Waals surface area (Å²) < 4.78 is 0. The second-order valence-corrected chi connectivity index (χ2v) is 3.24. The molecule has 3 heteroatoms. The van der Waals surface area contributed by atoms with Crippen LogP contribution >= 0.6 is 24.0 Å². The Morgan fingerprint density at radius 2 is 2.00 bits per heavy atom. The minimum absolute atomic E-state index is 0. The van der Waals surface area contributed by atoms with Gasteiger partial charge < -0.3 is 5.73 Å². The number of hydrogen-bond acceptors (Lipinski definition) is 1. The first-order valence-electron chi connectivity index (χ1n) is 4.33.